The van der Waals surface area contributed by atoms with Gasteiger partial charge in [0, 0.05) is 0 Å². The molecule has 1 fully saturated rings. The van der Waals surface area contributed by atoms with Gasteiger partial charge in [0.1, 0.15) is 0 Å². The summed E-state index contributed by atoms with van der Waals surface area (Å²) in [5.74, 6) is -0.964. The van der Waals surface area contributed by atoms with E-state index in [9.17, 15) is 19.4 Å². The first-order valence-corrected chi connectivity index (χ1v) is 9.64. The Balaban J connectivity index is 1.74. The van der Waals surface area contributed by atoms with Crippen molar-refractivity contribution >= 4 is 20.0 Å². The van der Waals surface area contributed by atoms with Gasteiger partial charge in [-0.1, -0.05) is 6.07 Å². The van der Waals surface area contributed by atoms with Gasteiger partial charge in [0.15, 0.2) is 0 Å². The quantitative estimate of drug-likeness (QED) is 0.505. The van der Waals surface area contributed by atoms with Crippen molar-refractivity contribution in [3.63, 3.8) is 0 Å². The third-order valence-corrected chi connectivity index (χ3v) is 4.79. The van der Waals surface area contributed by atoms with Gasteiger partial charge in [-0.2, -0.15) is 0 Å². The molecule has 2 rings (SSSR count). The summed E-state index contributed by atoms with van der Waals surface area (Å²) in [4.78, 5) is 43.0. The van der Waals surface area contributed by atoms with Crippen LogP contribution in [-0.2, 0) is 30.0 Å². The van der Waals surface area contributed by atoms with E-state index in [1.807, 2.05) is 30.3 Å². The van der Waals surface area contributed by atoms with Crippen molar-refractivity contribution in [2.75, 3.05) is 13.2 Å². The van der Waals surface area contributed by atoms with Crippen LogP contribution < -0.4 is 5.32 Å². The van der Waals surface area contributed by atoms with Crippen molar-refractivity contribution < 1.29 is 33.2 Å². The summed E-state index contributed by atoms with van der Waals surface area (Å²) in [6.45, 7) is 3.66. The molecule has 1 atom stereocenters. The van der Waals surface area contributed by atoms with Crippen molar-refractivity contribution in [1.82, 2.24) is 5.32 Å². The van der Waals surface area contributed by atoms with Crippen molar-refractivity contribution in [1.29, 1.82) is 0 Å². The average molecular weight is 373 g/mol. The van der Waals surface area contributed by atoms with Gasteiger partial charge in [-0.3, -0.25) is 0 Å². The van der Waals surface area contributed by atoms with Crippen LogP contribution in [0.4, 0.5) is 0 Å². The molecule has 1 aromatic carbocycles. The van der Waals surface area contributed by atoms with Gasteiger partial charge in [0.2, 0.25) is 0 Å². The van der Waals surface area contributed by atoms with E-state index in [1.54, 1.807) is 13.8 Å². The second-order valence-electron chi connectivity index (χ2n) is 6.51. The number of rotatable bonds is 6. The van der Waals surface area contributed by atoms with E-state index in [2.05, 4.69) is 5.32 Å². The number of carbonyl (C=O) groups excluding carboxylic acids is 2. The maximum atomic E-state index is 12.2. The summed E-state index contributed by atoms with van der Waals surface area (Å²) in [7, 11) is -4.27. The number of hydrogen-bond acceptors (Lipinski definition) is 7. The molecule has 3 N–H and O–H groups in total. The van der Waals surface area contributed by atoms with Gasteiger partial charge >= 0.3 is 140 Å². The van der Waals surface area contributed by atoms with Crippen LogP contribution in [0.2, 0.25) is 0 Å². The van der Waals surface area contributed by atoms with Crippen LogP contribution in [-0.4, -0.2) is 40.9 Å². The number of ether oxygens (including phenoxy) is 1. The van der Waals surface area contributed by atoms with Crippen molar-refractivity contribution in [2.24, 2.45) is 5.41 Å². The SMILES string of the molecule is CC1(C)CO[PH](O)(O)O[C@H]1C(=O)NCCC(=O)OCc1ccccc1. The first-order valence-electron chi connectivity index (χ1n) is 7.93. The average Bonchev–Trinajstić information content (AvgIpc) is 2.56. The van der Waals surface area contributed by atoms with E-state index in [0.29, 0.717) is 0 Å². The summed E-state index contributed by atoms with van der Waals surface area (Å²) in [5, 5.41) is 2.55. The zero-order valence-electron chi connectivity index (χ0n) is 14.2. The molecule has 1 heterocycles. The molecule has 0 unspecified atom stereocenters. The standard InChI is InChI=1S/C16H24NO7P/c1-16(2)11-23-25(20,21)24-14(16)15(19)17-9-8-13(18)22-10-12-6-4-3-5-7-12/h3-7,14,20-21,25H,8-11H2,1-2H3,(H,17,19)/t14-/m0/s1. The fraction of sp³-hybridized carbons (Fsp3) is 0.500. The monoisotopic (exact) mass is 373 g/mol. The van der Waals surface area contributed by atoms with Crippen molar-refractivity contribution in [2.45, 2.75) is 33.0 Å². The van der Waals surface area contributed by atoms with Crippen LogP contribution in [0.25, 0.3) is 0 Å². The number of benzene rings is 1. The zero-order chi connectivity index (χ0) is 18.5. The topological polar surface area (TPSA) is 114 Å². The summed E-state index contributed by atoms with van der Waals surface area (Å²) in [6.07, 6.45) is -1.06. The summed E-state index contributed by atoms with van der Waals surface area (Å²) in [6, 6.07) is 9.27. The van der Waals surface area contributed by atoms with Gasteiger partial charge in [0.05, 0.1) is 0 Å². The summed E-state index contributed by atoms with van der Waals surface area (Å²) >= 11 is 0. The minimum atomic E-state index is -4.27. The van der Waals surface area contributed by atoms with E-state index in [4.69, 9.17) is 13.8 Å². The van der Waals surface area contributed by atoms with E-state index in [1.165, 1.54) is 0 Å². The first kappa shape index (κ1) is 19.8. The Morgan fingerprint density at radius 2 is 2.00 bits per heavy atom. The molecule has 1 aliphatic rings. The molecule has 9 heteroatoms. The molecule has 0 bridgehead atoms. The Hall–Kier alpha value is -1.57. The Morgan fingerprint density at radius 3 is 2.68 bits per heavy atom. The number of esters is 1. The number of hydrogen-bond donors (Lipinski definition) is 3. The predicted molar refractivity (Wildman–Crippen MR) is 91.2 cm³/mol. The van der Waals surface area contributed by atoms with E-state index >= 15 is 0 Å². The van der Waals surface area contributed by atoms with Crippen LogP contribution in [0.5, 0.6) is 0 Å². The zero-order valence-corrected chi connectivity index (χ0v) is 15.2. The number of amides is 1. The van der Waals surface area contributed by atoms with Crippen molar-refractivity contribution in [3.8, 4) is 0 Å². The normalized spacial score (nSPS) is 22.6. The van der Waals surface area contributed by atoms with Crippen LogP contribution in [0, 0.1) is 5.41 Å². The minimum absolute atomic E-state index is 0.00302. The molecule has 1 saturated heterocycles. The van der Waals surface area contributed by atoms with E-state index in [-0.39, 0.29) is 26.2 Å². The molecule has 0 saturated carbocycles. The van der Waals surface area contributed by atoms with Crippen LogP contribution in [0.15, 0.2) is 30.3 Å². The Morgan fingerprint density at radius 1 is 1.32 bits per heavy atom. The number of nitrogens with one attached hydrogen (secondary N) is 1. The van der Waals surface area contributed by atoms with Crippen LogP contribution >= 0.6 is 8.17 Å². The molecule has 1 aromatic rings. The Bertz CT molecular complexity index is 606. The maximum absolute atomic E-state index is 12.2. The molecule has 140 valence electrons. The van der Waals surface area contributed by atoms with Gasteiger partial charge in [-0.05, 0) is 0 Å². The third kappa shape index (κ3) is 6.02. The molecule has 1 amide bonds. The van der Waals surface area contributed by atoms with Crippen LogP contribution in [0.3, 0.4) is 0 Å². The molecule has 0 radical (unpaired) electrons. The van der Waals surface area contributed by atoms with Gasteiger partial charge in [-0.15, -0.1) is 0 Å². The van der Waals surface area contributed by atoms with Gasteiger partial charge in [0.25, 0.3) is 0 Å². The fourth-order valence-electron chi connectivity index (χ4n) is 2.30. The van der Waals surface area contributed by atoms with E-state index in [0.717, 1.165) is 5.56 Å². The molecule has 0 aliphatic carbocycles. The predicted octanol–water partition coefficient (Wildman–Crippen LogP) is 1.07. The molecule has 0 spiro atoms. The van der Waals surface area contributed by atoms with Crippen LogP contribution in [0.1, 0.15) is 25.8 Å². The van der Waals surface area contributed by atoms with Gasteiger partial charge in [-0.25, -0.2) is 0 Å². The number of carbonyl (C=O) groups is 2. The first-order chi connectivity index (χ1) is 11.7. The summed E-state index contributed by atoms with van der Waals surface area (Å²) in [5.41, 5.74) is 0.157. The Labute approximate surface area is 146 Å². The summed E-state index contributed by atoms with van der Waals surface area (Å²) < 4.78 is 15.0. The third-order valence-electron chi connectivity index (χ3n) is 3.72. The molecule has 25 heavy (non-hydrogen) atoms. The molecule has 1 aliphatic heterocycles. The molecule has 8 nitrogen and oxygen atoms in total. The van der Waals surface area contributed by atoms with Crippen molar-refractivity contribution in [3.05, 3.63) is 35.9 Å². The Kier molecular flexibility index (Phi) is 6.48. The molecule has 0 aromatic heterocycles. The second kappa shape index (κ2) is 8.21. The molecular weight excluding hydrogens is 349 g/mol. The molecular formula is C16H24NO7P. The fourth-order valence-corrected chi connectivity index (χ4v) is 3.66. The second-order valence-corrected chi connectivity index (χ2v) is 8.13. The van der Waals surface area contributed by atoms with Gasteiger partial charge < -0.3 is 0 Å². The van der Waals surface area contributed by atoms with E-state index < -0.39 is 31.6 Å².